The van der Waals surface area contributed by atoms with Gasteiger partial charge in [-0.2, -0.15) is 0 Å². The standard InChI is InChI=1S/C16H19BrN2O3.C13H12BrNO3/c1-16(2,3)19-14(20)15(21-4)22-12-5-6-13-10(8-12)7-11(17)9-18-13;1-2-12(13(16)17)18-10-3-4-11-8(6-10)5-9(14)7-15-11/h5-9,15H,1-4H3,(H,19,20);3-7,12H,2H2,1H3,(H,16,17). The second kappa shape index (κ2) is 13.9. The summed E-state index contributed by atoms with van der Waals surface area (Å²) in [6.45, 7) is 7.47. The Morgan fingerprint density at radius 3 is 1.82 bits per heavy atom. The molecule has 212 valence electrons. The van der Waals surface area contributed by atoms with Crippen molar-refractivity contribution in [3.63, 3.8) is 0 Å². The second-order valence-electron chi connectivity index (χ2n) is 9.79. The minimum atomic E-state index is -1.00. The van der Waals surface area contributed by atoms with Crippen LogP contribution in [-0.2, 0) is 14.3 Å². The first-order valence-electron chi connectivity index (χ1n) is 12.4. The number of ether oxygens (including phenoxy) is 3. The van der Waals surface area contributed by atoms with Gasteiger partial charge in [0.25, 0.3) is 12.2 Å². The van der Waals surface area contributed by atoms with Crippen molar-refractivity contribution < 1.29 is 28.9 Å². The van der Waals surface area contributed by atoms with Crippen molar-refractivity contribution in [3.05, 3.63) is 69.9 Å². The van der Waals surface area contributed by atoms with Crippen molar-refractivity contribution in [2.45, 2.75) is 52.0 Å². The van der Waals surface area contributed by atoms with Crippen molar-refractivity contribution in [2.24, 2.45) is 0 Å². The minimum absolute atomic E-state index is 0.317. The highest BCUT2D eigenvalue weighted by atomic mass is 79.9. The molecule has 0 saturated heterocycles. The van der Waals surface area contributed by atoms with E-state index in [9.17, 15) is 9.59 Å². The van der Waals surface area contributed by atoms with E-state index >= 15 is 0 Å². The third kappa shape index (κ3) is 9.14. The van der Waals surface area contributed by atoms with Gasteiger partial charge in [0.05, 0.1) is 11.0 Å². The molecule has 40 heavy (non-hydrogen) atoms. The molecule has 2 atom stereocenters. The van der Waals surface area contributed by atoms with E-state index in [1.54, 1.807) is 37.5 Å². The van der Waals surface area contributed by atoms with Gasteiger partial charge in [-0.3, -0.25) is 14.8 Å². The fraction of sp³-hybridized carbons (Fsp3) is 0.310. The zero-order chi connectivity index (χ0) is 29.4. The highest BCUT2D eigenvalue weighted by Gasteiger charge is 2.24. The quantitative estimate of drug-likeness (QED) is 0.203. The molecule has 0 aliphatic rings. The number of nitrogens with one attached hydrogen (secondary N) is 1. The van der Waals surface area contributed by atoms with Crippen LogP contribution in [0.2, 0.25) is 0 Å². The Bertz CT molecular complexity index is 1490. The Hall–Kier alpha value is -3.28. The number of carbonyl (C=O) groups is 2. The second-order valence-corrected chi connectivity index (χ2v) is 11.6. The Balaban J connectivity index is 0.000000225. The lowest BCUT2D eigenvalue weighted by molar-refractivity contribution is -0.149. The summed E-state index contributed by atoms with van der Waals surface area (Å²) >= 11 is 6.73. The molecule has 11 heteroatoms. The lowest BCUT2D eigenvalue weighted by Crippen LogP contribution is -2.48. The number of carbonyl (C=O) groups excluding carboxylic acids is 1. The number of hydrogen-bond acceptors (Lipinski definition) is 7. The third-order valence-corrected chi connectivity index (χ3v) is 6.20. The number of amides is 1. The van der Waals surface area contributed by atoms with Gasteiger partial charge >= 0.3 is 5.97 Å². The van der Waals surface area contributed by atoms with E-state index in [4.69, 9.17) is 19.3 Å². The number of aliphatic carboxylic acids is 1. The van der Waals surface area contributed by atoms with Crippen molar-refractivity contribution >= 4 is 65.5 Å². The predicted molar refractivity (Wildman–Crippen MR) is 161 cm³/mol. The lowest BCUT2D eigenvalue weighted by Gasteiger charge is -2.24. The van der Waals surface area contributed by atoms with Crippen molar-refractivity contribution in [1.29, 1.82) is 0 Å². The van der Waals surface area contributed by atoms with Gasteiger partial charge < -0.3 is 24.6 Å². The average molecular weight is 677 g/mol. The summed E-state index contributed by atoms with van der Waals surface area (Å²) in [5.74, 6) is -0.188. The maximum absolute atomic E-state index is 12.1. The van der Waals surface area contributed by atoms with Crippen LogP contribution < -0.4 is 14.8 Å². The molecule has 4 rings (SSSR count). The largest absolute Gasteiger partial charge is 0.479 e. The van der Waals surface area contributed by atoms with Crippen LogP contribution in [0.25, 0.3) is 21.8 Å². The zero-order valence-corrected chi connectivity index (χ0v) is 25.9. The first-order valence-corrected chi connectivity index (χ1v) is 14.0. The summed E-state index contributed by atoms with van der Waals surface area (Å²) in [7, 11) is 1.44. The summed E-state index contributed by atoms with van der Waals surface area (Å²) in [5.41, 5.74) is 1.34. The Kier molecular flexibility index (Phi) is 10.8. The molecule has 0 radical (unpaired) electrons. The molecule has 0 aliphatic heterocycles. The number of nitrogens with zero attached hydrogens (tertiary/aromatic N) is 2. The van der Waals surface area contributed by atoms with Crippen LogP contribution in [0.3, 0.4) is 0 Å². The van der Waals surface area contributed by atoms with E-state index in [1.807, 2.05) is 51.1 Å². The van der Waals surface area contributed by atoms with Crippen LogP contribution in [0, 0.1) is 0 Å². The van der Waals surface area contributed by atoms with E-state index in [2.05, 4.69) is 47.1 Å². The fourth-order valence-corrected chi connectivity index (χ4v) is 4.24. The average Bonchev–Trinajstić information content (AvgIpc) is 2.89. The van der Waals surface area contributed by atoms with E-state index < -0.39 is 18.4 Å². The van der Waals surface area contributed by atoms with Gasteiger partial charge in [-0.05, 0) is 108 Å². The molecular formula is C29H31Br2N3O6. The van der Waals surface area contributed by atoms with Gasteiger partial charge in [0, 0.05) is 44.8 Å². The number of rotatable bonds is 8. The molecule has 2 unspecified atom stereocenters. The molecule has 2 aromatic heterocycles. The van der Waals surface area contributed by atoms with Gasteiger partial charge in [0.2, 0.25) is 0 Å². The summed E-state index contributed by atoms with van der Waals surface area (Å²) < 4.78 is 18.0. The van der Waals surface area contributed by atoms with Crippen LogP contribution in [0.5, 0.6) is 11.5 Å². The topological polar surface area (TPSA) is 120 Å². The summed E-state index contributed by atoms with van der Waals surface area (Å²) in [4.78, 5) is 31.6. The maximum Gasteiger partial charge on any atom is 0.344 e. The van der Waals surface area contributed by atoms with Gasteiger partial charge in [-0.1, -0.05) is 6.92 Å². The molecule has 0 aliphatic carbocycles. The van der Waals surface area contributed by atoms with E-state index in [-0.39, 0.29) is 11.4 Å². The highest BCUT2D eigenvalue weighted by molar-refractivity contribution is 9.10. The summed E-state index contributed by atoms with van der Waals surface area (Å²) in [6.07, 6.45) is 2.05. The maximum atomic E-state index is 12.1. The monoisotopic (exact) mass is 675 g/mol. The van der Waals surface area contributed by atoms with Crippen molar-refractivity contribution in [2.75, 3.05) is 7.11 Å². The Morgan fingerprint density at radius 2 is 1.40 bits per heavy atom. The molecule has 0 spiro atoms. The zero-order valence-electron chi connectivity index (χ0n) is 22.8. The molecule has 9 nitrogen and oxygen atoms in total. The van der Waals surface area contributed by atoms with Gasteiger partial charge in [0.15, 0.2) is 6.10 Å². The van der Waals surface area contributed by atoms with E-state index in [0.717, 1.165) is 30.8 Å². The first-order chi connectivity index (χ1) is 18.9. The van der Waals surface area contributed by atoms with Crippen LogP contribution in [0.4, 0.5) is 0 Å². The first kappa shape index (κ1) is 31.3. The number of pyridine rings is 2. The fourth-order valence-electron chi connectivity index (χ4n) is 3.55. The van der Waals surface area contributed by atoms with Crippen molar-refractivity contribution in [3.8, 4) is 11.5 Å². The van der Waals surface area contributed by atoms with Gasteiger partial charge in [-0.15, -0.1) is 0 Å². The smallest absolute Gasteiger partial charge is 0.344 e. The summed E-state index contributed by atoms with van der Waals surface area (Å²) in [6, 6.07) is 14.6. The van der Waals surface area contributed by atoms with Crippen LogP contribution in [0.1, 0.15) is 34.1 Å². The number of carboxylic acids is 1. The Labute approximate surface area is 249 Å². The lowest BCUT2D eigenvalue weighted by atomic mass is 10.1. The molecular weight excluding hydrogens is 646 g/mol. The Morgan fingerprint density at radius 1 is 0.900 bits per heavy atom. The number of fused-ring (bicyclic) bond motifs is 2. The number of carboxylic acid groups (broad SMARTS) is 1. The predicted octanol–water partition coefficient (Wildman–Crippen LogP) is 6.50. The molecule has 1 amide bonds. The number of hydrogen-bond donors (Lipinski definition) is 2. The van der Waals surface area contributed by atoms with Crippen LogP contribution in [-0.4, -0.2) is 52.0 Å². The van der Waals surface area contributed by atoms with Crippen LogP contribution in [0.15, 0.2) is 69.9 Å². The molecule has 0 bridgehead atoms. The van der Waals surface area contributed by atoms with E-state index in [1.165, 1.54) is 7.11 Å². The number of halogens is 2. The number of aromatic nitrogens is 2. The number of methoxy groups -OCH3 is 1. The minimum Gasteiger partial charge on any atom is -0.479 e. The molecule has 2 N–H and O–H groups in total. The molecule has 0 saturated carbocycles. The van der Waals surface area contributed by atoms with Crippen molar-refractivity contribution in [1.82, 2.24) is 15.3 Å². The molecule has 4 aromatic rings. The SMILES string of the molecule is CCC(Oc1ccc2ncc(Br)cc2c1)C(=O)O.COC(Oc1ccc2ncc(Br)cc2c1)C(=O)NC(C)(C)C. The van der Waals surface area contributed by atoms with Gasteiger partial charge in [-0.25, -0.2) is 4.79 Å². The third-order valence-electron chi connectivity index (χ3n) is 5.33. The normalized spacial score (nSPS) is 12.7. The van der Waals surface area contributed by atoms with Crippen LogP contribution >= 0.6 is 31.9 Å². The molecule has 0 fully saturated rings. The summed E-state index contributed by atoms with van der Waals surface area (Å²) in [5, 5.41) is 13.6. The van der Waals surface area contributed by atoms with E-state index in [0.29, 0.717) is 17.9 Å². The number of benzene rings is 2. The highest BCUT2D eigenvalue weighted by Crippen LogP contribution is 2.24. The molecule has 2 aromatic carbocycles. The molecule has 2 heterocycles. The van der Waals surface area contributed by atoms with Gasteiger partial charge in [0.1, 0.15) is 11.5 Å².